The second kappa shape index (κ2) is 4.41. The van der Waals surface area contributed by atoms with Crippen LogP contribution in [0.5, 0.6) is 0 Å². The number of aromatic amines is 1. The Kier molecular flexibility index (Phi) is 3.45. The summed E-state index contributed by atoms with van der Waals surface area (Å²) in [5.74, 6) is 0. The molecule has 0 aromatic carbocycles. The van der Waals surface area contributed by atoms with Crippen LogP contribution in [0.25, 0.3) is 0 Å². The van der Waals surface area contributed by atoms with E-state index in [9.17, 15) is 0 Å². The average Bonchev–Trinajstić information content (AvgIpc) is 2.40. The van der Waals surface area contributed by atoms with Gasteiger partial charge in [0.1, 0.15) is 0 Å². The highest BCUT2D eigenvalue weighted by atomic mass is 32.2. The van der Waals surface area contributed by atoms with Crippen LogP contribution in [0.3, 0.4) is 0 Å². The van der Waals surface area contributed by atoms with Crippen molar-refractivity contribution in [3.8, 4) is 0 Å². The molecule has 1 aromatic rings. The highest BCUT2D eigenvalue weighted by molar-refractivity contribution is 7.99. The second-order valence-corrected chi connectivity index (χ2v) is 3.81. The molecule has 2 N–H and O–H groups in total. The molecule has 0 saturated heterocycles. The molecule has 0 saturated carbocycles. The van der Waals surface area contributed by atoms with E-state index in [0.29, 0.717) is 5.25 Å². The molecule has 11 heavy (non-hydrogen) atoms. The lowest BCUT2D eigenvalue weighted by molar-refractivity contribution is 0.782. The summed E-state index contributed by atoms with van der Waals surface area (Å²) in [5, 5.41) is 4.67. The Labute approximate surface area is 71.0 Å². The second-order valence-electron chi connectivity index (χ2n) is 2.38. The van der Waals surface area contributed by atoms with E-state index >= 15 is 0 Å². The molecule has 0 fully saturated rings. The Morgan fingerprint density at radius 1 is 1.82 bits per heavy atom. The summed E-state index contributed by atoms with van der Waals surface area (Å²) in [6.45, 7) is 3.18. The quantitative estimate of drug-likeness (QED) is 0.667. The maximum Gasteiger partial charge on any atom is 0.165 e. The van der Waals surface area contributed by atoms with Crippen LogP contribution in [0.2, 0.25) is 0 Å². The average molecular weight is 171 g/mol. The minimum Gasteiger partial charge on any atom is -0.340 e. The van der Waals surface area contributed by atoms with Gasteiger partial charge in [-0.05, 0) is 7.05 Å². The van der Waals surface area contributed by atoms with Crippen molar-refractivity contribution in [2.75, 3.05) is 13.6 Å². The Hall–Kier alpha value is -0.480. The molecule has 0 amide bonds. The van der Waals surface area contributed by atoms with Gasteiger partial charge in [0, 0.05) is 24.2 Å². The van der Waals surface area contributed by atoms with Crippen molar-refractivity contribution in [2.24, 2.45) is 0 Å². The van der Waals surface area contributed by atoms with Crippen molar-refractivity contribution >= 4 is 11.8 Å². The van der Waals surface area contributed by atoms with E-state index in [4.69, 9.17) is 0 Å². The van der Waals surface area contributed by atoms with Crippen LogP contribution in [-0.2, 0) is 0 Å². The first kappa shape index (κ1) is 8.62. The molecule has 0 bridgehead atoms. The molecular formula is C7H13N3S. The maximum atomic E-state index is 4.12. The number of nitrogens with one attached hydrogen (secondary N) is 2. The van der Waals surface area contributed by atoms with Crippen molar-refractivity contribution in [1.82, 2.24) is 15.3 Å². The molecule has 0 aliphatic carbocycles. The highest BCUT2D eigenvalue weighted by Gasteiger charge is 2.03. The summed E-state index contributed by atoms with van der Waals surface area (Å²) < 4.78 is 0. The van der Waals surface area contributed by atoms with Gasteiger partial charge in [-0.3, -0.25) is 0 Å². The predicted molar refractivity (Wildman–Crippen MR) is 47.8 cm³/mol. The zero-order valence-electron chi connectivity index (χ0n) is 6.79. The monoisotopic (exact) mass is 171 g/mol. The van der Waals surface area contributed by atoms with Crippen molar-refractivity contribution < 1.29 is 0 Å². The van der Waals surface area contributed by atoms with Crippen molar-refractivity contribution in [2.45, 2.75) is 17.3 Å². The SMILES string of the molecule is CNCC(C)Sc1ncc[nH]1. The molecule has 0 radical (unpaired) electrons. The van der Waals surface area contributed by atoms with Gasteiger partial charge in [-0.2, -0.15) is 0 Å². The summed E-state index contributed by atoms with van der Waals surface area (Å²) in [7, 11) is 1.96. The molecule has 1 atom stereocenters. The molecule has 62 valence electrons. The summed E-state index contributed by atoms with van der Waals surface area (Å²) in [5.41, 5.74) is 0. The molecule has 3 nitrogen and oxygen atoms in total. The lowest BCUT2D eigenvalue weighted by Gasteiger charge is -2.06. The lowest BCUT2D eigenvalue weighted by Crippen LogP contribution is -2.17. The molecular weight excluding hydrogens is 158 g/mol. The van der Waals surface area contributed by atoms with Crippen LogP contribution in [-0.4, -0.2) is 28.8 Å². The summed E-state index contributed by atoms with van der Waals surface area (Å²) in [6.07, 6.45) is 3.61. The Balaban J connectivity index is 2.31. The van der Waals surface area contributed by atoms with E-state index in [1.165, 1.54) is 0 Å². The van der Waals surface area contributed by atoms with Gasteiger partial charge in [0.05, 0.1) is 0 Å². The molecule has 0 spiro atoms. The van der Waals surface area contributed by atoms with Crippen LogP contribution in [0.15, 0.2) is 17.6 Å². The van der Waals surface area contributed by atoms with Gasteiger partial charge in [-0.25, -0.2) is 4.98 Å². The van der Waals surface area contributed by atoms with Crippen molar-refractivity contribution in [3.05, 3.63) is 12.4 Å². The third-order valence-corrected chi connectivity index (χ3v) is 2.29. The van der Waals surface area contributed by atoms with Gasteiger partial charge < -0.3 is 10.3 Å². The minimum absolute atomic E-state index is 0.561. The largest absolute Gasteiger partial charge is 0.340 e. The van der Waals surface area contributed by atoms with E-state index in [1.807, 2.05) is 13.2 Å². The van der Waals surface area contributed by atoms with Crippen LogP contribution < -0.4 is 5.32 Å². The molecule has 0 aliphatic heterocycles. The minimum atomic E-state index is 0.561. The number of H-pyrrole nitrogens is 1. The van der Waals surface area contributed by atoms with E-state index in [2.05, 4.69) is 22.2 Å². The number of nitrogens with zero attached hydrogens (tertiary/aromatic N) is 1. The molecule has 1 rings (SSSR count). The van der Waals surface area contributed by atoms with Crippen molar-refractivity contribution in [1.29, 1.82) is 0 Å². The first-order chi connectivity index (χ1) is 5.33. The molecule has 1 unspecified atom stereocenters. The summed E-state index contributed by atoms with van der Waals surface area (Å²) >= 11 is 1.75. The van der Waals surface area contributed by atoms with Gasteiger partial charge in [0.15, 0.2) is 5.16 Å². The van der Waals surface area contributed by atoms with Crippen LogP contribution >= 0.6 is 11.8 Å². The molecule has 1 heterocycles. The van der Waals surface area contributed by atoms with Gasteiger partial charge in [0.2, 0.25) is 0 Å². The van der Waals surface area contributed by atoms with Crippen LogP contribution in [0.1, 0.15) is 6.92 Å². The number of rotatable bonds is 4. The third-order valence-electron chi connectivity index (χ3n) is 1.28. The maximum absolute atomic E-state index is 4.12. The fourth-order valence-corrected chi connectivity index (χ4v) is 1.72. The standard InChI is InChI=1S/C7H13N3S/c1-6(5-8-2)11-7-9-3-4-10-7/h3-4,6,8H,5H2,1-2H3,(H,9,10). The van der Waals surface area contributed by atoms with E-state index < -0.39 is 0 Å². The van der Waals surface area contributed by atoms with Gasteiger partial charge >= 0.3 is 0 Å². The summed E-state index contributed by atoms with van der Waals surface area (Å²) in [4.78, 5) is 7.17. The fourth-order valence-electron chi connectivity index (χ4n) is 0.835. The fraction of sp³-hybridized carbons (Fsp3) is 0.571. The third kappa shape index (κ3) is 2.95. The van der Waals surface area contributed by atoms with Gasteiger partial charge in [-0.1, -0.05) is 18.7 Å². The van der Waals surface area contributed by atoms with E-state index in [-0.39, 0.29) is 0 Å². The highest BCUT2D eigenvalue weighted by Crippen LogP contribution is 2.17. The first-order valence-corrected chi connectivity index (χ1v) is 4.51. The van der Waals surface area contributed by atoms with Crippen LogP contribution in [0.4, 0.5) is 0 Å². The summed E-state index contributed by atoms with van der Waals surface area (Å²) in [6, 6.07) is 0. The molecule has 0 aliphatic rings. The Morgan fingerprint density at radius 2 is 2.64 bits per heavy atom. The van der Waals surface area contributed by atoms with Gasteiger partial charge in [0.25, 0.3) is 0 Å². The molecule has 4 heteroatoms. The first-order valence-electron chi connectivity index (χ1n) is 3.63. The zero-order valence-corrected chi connectivity index (χ0v) is 7.61. The Morgan fingerprint density at radius 3 is 3.18 bits per heavy atom. The van der Waals surface area contributed by atoms with E-state index in [1.54, 1.807) is 18.0 Å². The Bertz CT molecular complexity index is 186. The van der Waals surface area contributed by atoms with Crippen molar-refractivity contribution in [3.63, 3.8) is 0 Å². The number of hydrogen-bond acceptors (Lipinski definition) is 3. The van der Waals surface area contributed by atoms with E-state index in [0.717, 1.165) is 11.7 Å². The number of aromatic nitrogens is 2. The number of imidazole rings is 1. The predicted octanol–water partition coefficient (Wildman–Crippen LogP) is 1.11. The topological polar surface area (TPSA) is 40.7 Å². The molecule has 1 aromatic heterocycles. The number of thioether (sulfide) groups is 1. The zero-order chi connectivity index (χ0) is 8.10. The smallest absolute Gasteiger partial charge is 0.165 e. The number of hydrogen-bond donors (Lipinski definition) is 2. The van der Waals surface area contributed by atoms with Crippen LogP contribution in [0, 0.1) is 0 Å². The van der Waals surface area contributed by atoms with Gasteiger partial charge in [-0.15, -0.1) is 0 Å². The normalized spacial score (nSPS) is 13.3. The lowest BCUT2D eigenvalue weighted by atomic mass is 10.5.